The summed E-state index contributed by atoms with van der Waals surface area (Å²) >= 11 is 6.00. The molecule has 6 heteroatoms. The zero-order valence-corrected chi connectivity index (χ0v) is 16.2. The number of hydrogen-bond acceptors (Lipinski definition) is 4. The van der Waals surface area contributed by atoms with Gasteiger partial charge >= 0.3 is 0 Å². The van der Waals surface area contributed by atoms with E-state index >= 15 is 0 Å². The Morgan fingerprint density at radius 1 is 1.15 bits per heavy atom. The Hall–Kier alpha value is -2.66. The third-order valence-electron chi connectivity index (χ3n) is 4.52. The van der Waals surface area contributed by atoms with Gasteiger partial charge in [0.15, 0.2) is 11.5 Å². The molecule has 1 atom stereocenters. The fourth-order valence-corrected chi connectivity index (χ4v) is 3.26. The maximum Gasteiger partial charge on any atom is 0.290 e. The van der Waals surface area contributed by atoms with Gasteiger partial charge in [0.1, 0.15) is 0 Å². The molecule has 1 aromatic carbocycles. The summed E-state index contributed by atoms with van der Waals surface area (Å²) in [7, 11) is 0. The number of amides is 1. The molecule has 2 heterocycles. The number of aromatic nitrogens is 1. The predicted molar refractivity (Wildman–Crippen MR) is 103 cm³/mol. The number of benzene rings is 1. The molecule has 0 spiro atoms. The summed E-state index contributed by atoms with van der Waals surface area (Å²) in [5.41, 5.74) is 0.970. The largest absolute Gasteiger partial charge is 0.503 e. The summed E-state index contributed by atoms with van der Waals surface area (Å²) in [6.07, 6.45) is 3.28. The van der Waals surface area contributed by atoms with Crippen molar-refractivity contribution in [2.24, 2.45) is 5.41 Å². The van der Waals surface area contributed by atoms with Crippen LogP contribution in [0.2, 0.25) is 5.02 Å². The summed E-state index contributed by atoms with van der Waals surface area (Å²) in [6.45, 7) is 5.55. The van der Waals surface area contributed by atoms with Crippen LogP contribution in [-0.2, 0) is 16.1 Å². The first-order valence-corrected chi connectivity index (χ1v) is 9.01. The molecule has 1 aliphatic rings. The van der Waals surface area contributed by atoms with Crippen LogP contribution in [0, 0.1) is 5.41 Å². The highest BCUT2D eigenvalue weighted by Crippen LogP contribution is 2.41. The summed E-state index contributed by atoms with van der Waals surface area (Å²) < 4.78 is 0. The molecule has 1 aliphatic heterocycles. The summed E-state index contributed by atoms with van der Waals surface area (Å²) in [6, 6.07) is 9.89. The lowest BCUT2D eigenvalue weighted by atomic mass is 9.82. The molecule has 27 heavy (non-hydrogen) atoms. The van der Waals surface area contributed by atoms with Crippen molar-refractivity contribution in [3.63, 3.8) is 0 Å². The van der Waals surface area contributed by atoms with E-state index in [1.807, 2.05) is 0 Å². The first-order valence-electron chi connectivity index (χ1n) is 8.63. The number of carbonyl (C=O) groups excluding carboxylic acids is 2. The first kappa shape index (κ1) is 19.1. The van der Waals surface area contributed by atoms with Crippen molar-refractivity contribution < 1.29 is 14.7 Å². The van der Waals surface area contributed by atoms with E-state index in [1.165, 1.54) is 4.90 Å². The summed E-state index contributed by atoms with van der Waals surface area (Å²) in [5.74, 6) is -1.30. The van der Waals surface area contributed by atoms with E-state index in [-0.39, 0.29) is 17.9 Å². The molecule has 1 N–H and O–H groups in total. The van der Waals surface area contributed by atoms with Gasteiger partial charge in [-0.05, 0) is 35.4 Å². The third-order valence-corrected chi connectivity index (χ3v) is 4.77. The standard InChI is InChI=1S/C21H21ClN2O3/c1-21(2,3)19(26)16-17(14-4-6-15(22)7-5-14)24(20(27)18(16)25)12-13-8-10-23-11-9-13/h4-11,17,25H,12H2,1-3H3. The van der Waals surface area contributed by atoms with E-state index in [4.69, 9.17) is 11.6 Å². The van der Waals surface area contributed by atoms with Gasteiger partial charge in [0.25, 0.3) is 5.91 Å². The lowest BCUT2D eigenvalue weighted by Crippen LogP contribution is -2.32. The number of Topliss-reactive ketones (excluding diaryl/α,β-unsaturated/α-hetero) is 1. The van der Waals surface area contributed by atoms with Gasteiger partial charge in [-0.2, -0.15) is 0 Å². The molecule has 0 saturated carbocycles. The number of aliphatic hydroxyl groups excluding tert-OH is 1. The van der Waals surface area contributed by atoms with Crippen LogP contribution < -0.4 is 0 Å². The zero-order chi connectivity index (χ0) is 19.8. The van der Waals surface area contributed by atoms with Crippen molar-refractivity contribution in [3.8, 4) is 0 Å². The molecule has 0 bridgehead atoms. The van der Waals surface area contributed by atoms with Crippen molar-refractivity contribution in [1.29, 1.82) is 0 Å². The first-order chi connectivity index (χ1) is 12.7. The predicted octanol–water partition coefficient (Wildman–Crippen LogP) is 4.25. The molecule has 0 saturated heterocycles. The van der Waals surface area contributed by atoms with Gasteiger partial charge in [-0.15, -0.1) is 0 Å². The second-order valence-electron chi connectivity index (χ2n) is 7.58. The van der Waals surface area contributed by atoms with Crippen LogP contribution in [0.1, 0.15) is 37.9 Å². The molecular weight excluding hydrogens is 364 g/mol. The highest BCUT2D eigenvalue weighted by Gasteiger charge is 2.45. The van der Waals surface area contributed by atoms with Gasteiger partial charge in [-0.1, -0.05) is 44.5 Å². The Balaban J connectivity index is 2.09. The van der Waals surface area contributed by atoms with Crippen molar-refractivity contribution in [3.05, 3.63) is 76.3 Å². The van der Waals surface area contributed by atoms with Crippen LogP contribution in [0.5, 0.6) is 0 Å². The maximum atomic E-state index is 13.0. The normalized spacial score (nSPS) is 17.6. The lowest BCUT2D eigenvalue weighted by Gasteiger charge is -2.29. The van der Waals surface area contributed by atoms with Crippen LogP contribution >= 0.6 is 11.6 Å². The summed E-state index contributed by atoms with van der Waals surface area (Å²) in [4.78, 5) is 31.4. The van der Waals surface area contributed by atoms with Crippen LogP contribution in [-0.4, -0.2) is 26.7 Å². The Labute approximate surface area is 163 Å². The molecule has 0 radical (unpaired) electrons. The van der Waals surface area contributed by atoms with Gasteiger partial charge in [0.05, 0.1) is 11.6 Å². The van der Waals surface area contributed by atoms with Gasteiger partial charge in [-0.25, -0.2) is 0 Å². The van der Waals surface area contributed by atoms with Gasteiger partial charge in [-0.3, -0.25) is 14.6 Å². The van der Waals surface area contributed by atoms with E-state index < -0.39 is 23.1 Å². The number of halogens is 1. The molecular formula is C21H21ClN2O3. The molecule has 1 aromatic heterocycles. The zero-order valence-electron chi connectivity index (χ0n) is 15.4. The Morgan fingerprint density at radius 2 is 1.74 bits per heavy atom. The minimum Gasteiger partial charge on any atom is -0.503 e. The van der Waals surface area contributed by atoms with E-state index in [9.17, 15) is 14.7 Å². The van der Waals surface area contributed by atoms with Crippen LogP contribution in [0.25, 0.3) is 0 Å². The van der Waals surface area contributed by atoms with Gasteiger partial charge in [0.2, 0.25) is 0 Å². The van der Waals surface area contributed by atoms with Crippen LogP contribution in [0.4, 0.5) is 0 Å². The number of nitrogens with zero attached hydrogens (tertiary/aromatic N) is 2. The van der Waals surface area contributed by atoms with E-state index in [0.29, 0.717) is 5.02 Å². The molecule has 2 aromatic rings. The van der Waals surface area contributed by atoms with E-state index in [0.717, 1.165) is 11.1 Å². The minimum absolute atomic E-state index is 0.129. The van der Waals surface area contributed by atoms with E-state index in [2.05, 4.69) is 4.98 Å². The quantitative estimate of drug-likeness (QED) is 0.855. The average Bonchev–Trinajstić information content (AvgIpc) is 2.87. The molecule has 1 unspecified atom stereocenters. The Kier molecular flexibility index (Phi) is 5.07. The fourth-order valence-electron chi connectivity index (χ4n) is 3.13. The summed E-state index contributed by atoms with van der Waals surface area (Å²) in [5, 5.41) is 11.1. The van der Waals surface area contributed by atoms with Gasteiger partial charge < -0.3 is 10.0 Å². The Bertz CT molecular complexity index is 899. The molecule has 3 rings (SSSR count). The second kappa shape index (κ2) is 7.16. The van der Waals surface area contributed by atoms with Crippen molar-refractivity contribution in [2.45, 2.75) is 33.4 Å². The highest BCUT2D eigenvalue weighted by molar-refractivity contribution is 6.30. The van der Waals surface area contributed by atoms with Crippen molar-refractivity contribution in [2.75, 3.05) is 0 Å². The second-order valence-corrected chi connectivity index (χ2v) is 8.02. The molecule has 140 valence electrons. The smallest absolute Gasteiger partial charge is 0.290 e. The number of pyridine rings is 1. The number of ketones is 1. The van der Waals surface area contributed by atoms with Gasteiger partial charge in [0, 0.05) is 29.4 Å². The molecule has 5 nitrogen and oxygen atoms in total. The molecule has 1 amide bonds. The van der Waals surface area contributed by atoms with Crippen molar-refractivity contribution >= 4 is 23.3 Å². The average molecular weight is 385 g/mol. The highest BCUT2D eigenvalue weighted by atomic mass is 35.5. The number of rotatable bonds is 4. The van der Waals surface area contributed by atoms with Crippen LogP contribution in [0.15, 0.2) is 60.1 Å². The minimum atomic E-state index is -0.735. The fraction of sp³-hybridized carbons (Fsp3) is 0.286. The topological polar surface area (TPSA) is 70.5 Å². The number of carbonyl (C=O) groups is 2. The van der Waals surface area contributed by atoms with Crippen LogP contribution in [0.3, 0.4) is 0 Å². The molecule has 0 fully saturated rings. The maximum absolute atomic E-state index is 13.0. The SMILES string of the molecule is CC(C)(C)C(=O)C1=C(O)C(=O)N(Cc2ccncc2)C1c1ccc(Cl)cc1. The molecule has 0 aliphatic carbocycles. The van der Waals surface area contributed by atoms with E-state index in [1.54, 1.807) is 69.6 Å². The lowest BCUT2D eigenvalue weighted by molar-refractivity contribution is -0.130. The monoisotopic (exact) mass is 384 g/mol. The van der Waals surface area contributed by atoms with Crippen molar-refractivity contribution in [1.82, 2.24) is 9.88 Å². The third kappa shape index (κ3) is 3.74. The number of hydrogen-bond donors (Lipinski definition) is 1. The number of aliphatic hydroxyl groups is 1. The Morgan fingerprint density at radius 3 is 2.30 bits per heavy atom.